The molecule has 0 unspecified atom stereocenters. The normalized spacial score (nSPS) is 10.8. The fraction of sp³-hybridized carbons (Fsp3) is 0.160. The molecule has 0 bridgehead atoms. The van der Waals surface area contributed by atoms with E-state index in [4.69, 9.17) is 0 Å². The molecule has 0 fully saturated rings. The van der Waals surface area contributed by atoms with Crippen LogP contribution in [0.25, 0.3) is 11.0 Å². The van der Waals surface area contributed by atoms with E-state index in [1.165, 1.54) is 12.1 Å². The Kier molecular flexibility index (Phi) is 6.26. The number of carbonyl (C=O) groups excluding carboxylic acids is 2. The Morgan fingerprint density at radius 1 is 1.00 bits per heavy atom. The molecule has 2 amide bonds. The number of nitrogens with zero attached hydrogens (tertiary/aromatic N) is 2. The van der Waals surface area contributed by atoms with Gasteiger partial charge in [0.25, 0.3) is 5.91 Å². The molecule has 4 rings (SSSR count). The van der Waals surface area contributed by atoms with Crippen molar-refractivity contribution in [3.8, 4) is 0 Å². The van der Waals surface area contributed by atoms with E-state index in [2.05, 4.69) is 15.6 Å². The number of hydrogen-bond donors (Lipinski definition) is 2. The van der Waals surface area contributed by atoms with Crippen LogP contribution >= 0.6 is 0 Å². The average molecular weight is 430 g/mol. The van der Waals surface area contributed by atoms with Crippen LogP contribution in [0.3, 0.4) is 0 Å². The predicted molar refractivity (Wildman–Crippen MR) is 122 cm³/mol. The number of nitrogens with one attached hydrogen (secondary N) is 2. The number of imidazole rings is 1. The first-order valence-electron chi connectivity index (χ1n) is 10.3. The third kappa shape index (κ3) is 4.83. The van der Waals surface area contributed by atoms with Crippen molar-refractivity contribution in [2.75, 3.05) is 11.9 Å². The zero-order valence-corrected chi connectivity index (χ0v) is 17.6. The molecule has 3 aromatic carbocycles. The van der Waals surface area contributed by atoms with Crippen LogP contribution in [0.4, 0.5) is 10.1 Å². The molecular weight excluding hydrogens is 407 g/mol. The Bertz CT molecular complexity index is 1280. The first-order valence-corrected chi connectivity index (χ1v) is 10.3. The Morgan fingerprint density at radius 2 is 1.78 bits per heavy atom. The average Bonchev–Trinajstić information content (AvgIpc) is 3.12. The minimum atomic E-state index is -0.490. The minimum absolute atomic E-state index is 0.0178. The molecule has 0 spiro atoms. The number of anilines is 1. The Labute approximate surface area is 185 Å². The van der Waals surface area contributed by atoms with E-state index in [1.807, 2.05) is 49.4 Å². The van der Waals surface area contributed by atoms with E-state index in [1.54, 1.807) is 22.8 Å². The van der Waals surface area contributed by atoms with Crippen molar-refractivity contribution in [2.45, 2.75) is 19.9 Å². The summed E-state index contributed by atoms with van der Waals surface area (Å²) in [5.74, 6) is -0.341. The van der Waals surface area contributed by atoms with Crippen molar-refractivity contribution in [3.63, 3.8) is 0 Å². The monoisotopic (exact) mass is 430 g/mol. The van der Waals surface area contributed by atoms with Gasteiger partial charge >= 0.3 is 0 Å². The van der Waals surface area contributed by atoms with Gasteiger partial charge in [0.1, 0.15) is 18.2 Å². The lowest BCUT2D eigenvalue weighted by molar-refractivity contribution is -0.116. The molecule has 4 aromatic rings. The largest absolute Gasteiger partial charge is 0.352 e. The van der Waals surface area contributed by atoms with Gasteiger partial charge in [0.15, 0.2) is 0 Å². The summed E-state index contributed by atoms with van der Waals surface area (Å²) in [5.41, 5.74) is 3.30. The van der Waals surface area contributed by atoms with Gasteiger partial charge in [-0.25, -0.2) is 9.37 Å². The highest BCUT2D eigenvalue weighted by Crippen LogP contribution is 2.18. The maximum atomic E-state index is 13.9. The van der Waals surface area contributed by atoms with Gasteiger partial charge in [0.2, 0.25) is 5.91 Å². The highest BCUT2D eigenvalue weighted by Gasteiger charge is 2.15. The van der Waals surface area contributed by atoms with E-state index in [0.29, 0.717) is 24.4 Å². The molecular formula is C25H23FN4O2. The Morgan fingerprint density at radius 3 is 2.59 bits per heavy atom. The summed E-state index contributed by atoms with van der Waals surface area (Å²) >= 11 is 0. The number of para-hydroxylation sites is 3. The molecule has 0 saturated heterocycles. The van der Waals surface area contributed by atoms with Crippen LogP contribution in [0.15, 0.2) is 72.8 Å². The van der Waals surface area contributed by atoms with Crippen molar-refractivity contribution in [3.05, 3.63) is 95.6 Å². The molecule has 0 atom stereocenters. The van der Waals surface area contributed by atoms with Crippen molar-refractivity contribution in [1.82, 2.24) is 14.9 Å². The Balaban J connectivity index is 1.48. The van der Waals surface area contributed by atoms with Crippen molar-refractivity contribution < 1.29 is 14.0 Å². The summed E-state index contributed by atoms with van der Waals surface area (Å²) < 4.78 is 15.7. The van der Waals surface area contributed by atoms with Crippen LogP contribution in [0.5, 0.6) is 0 Å². The lowest BCUT2D eigenvalue weighted by Crippen LogP contribution is -2.27. The zero-order valence-electron chi connectivity index (χ0n) is 17.6. The molecule has 0 saturated carbocycles. The van der Waals surface area contributed by atoms with E-state index in [9.17, 15) is 14.0 Å². The van der Waals surface area contributed by atoms with Crippen LogP contribution in [0.2, 0.25) is 0 Å². The smallest absolute Gasteiger partial charge is 0.251 e. The summed E-state index contributed by atoms with van der Waals surface area (Å²) in [6, 6.07) is 20.9. The molecule has 0 radical (unpaired) electrons. The number of carbonyl (C=O) groups is 2. The Hall–Kier alpha value is -4.00. The van der Waals surface area contributed by atoms with Crippen LogP contribution in [0, 0.1) is 12.7 Å². The van der Waals surface area contributed by atoms with Gasteiger partial charge in [-0.2, -0.15) is 0 Å². The molecule has 0 aliphatic heterocycles. The first kappa shape index (κ1) is 21.2. The first-order chi connectivity index (χ1) is 15.5. The van der Waals surface area contributed by atoms with E-state index < -0.39 is 5.82 Å². The lowest BCUT2D eigenvalue weighted by Gasteiger charge is -2.11. The SMILES string of the molecule is Cc1cccc(C(=O)NCCc2nc3ccccc3n2CC(=O)Nc2ccccc2F)c1. The van der Waals surface area contributed by atoms with Gasteiger partial charge in [0.05, 0.1) is 16.7 Å². The minimum Gasteiger partial charge on any atom is -0.352 e. The maximum absolute atomic E-state index is 13.9. The van der Waals surface area contributed by atoms with Gasteiger partial charge < -0.3 is 15.2 Å². The van der Waals surface area contributed by atoms with Gasteiger partial charge in [-0.05, 0) is 43.3 Å². The van der Waals surface area contributed by atoms with Crippen LogP contribution in [0.1, 0.15) is 21.7 Å². The fourth-order valence-electron chi connectivity index (χ4n) is 3.56. The molecule has 1 aromatic heterocycles. The van der Waals surface area contributed by atoms with Crippen molar-refractivity contribution in [2.24, 2.45) is 0 Å². The van der Waals surface area contributed by atoms with Crippen molar-refractivity contribution >= 4 is 28.5 Å². The van der Waals surface area contributed by atoms with Gasteiger partial charge in [-0.15, -0.1) is 0 Å². The fourth-order valence-corrected chi connectivity index (χ4v) is 3.56. The van der Waals surface area contributed by atoms with E-state index >= 15 is 0 Å². The number of amides is 2. The quantitative estimate of drug-likeness (QED) is 0.464. The maximum Gasteiger partial charge on any atom is 0.251 e. The summed E-state index contributed by atoms with van der Waals surface area (Å²) in [6.07, 6.45) is 0.444. The van der Waals surface area contributed by atoms with Gasteiger partial charge in [0, 0.05) is 18.5 Å². The molecule has 7 heteroatoms. The number of aryl methyl sites for hydroxylation is 1. The number of rotatable bonds is 7. The number of fused-ring (bicyclic) bond motifs is 1. The highest BCUT2D eigenvalue weighted by atomic mass is 19.1. The molecule has 32 heavy (non-hydrogen) atoms. The second-order valence-corrected chi connectivity index (χ2v) is 7.51. The third-order valence-electron chi connectivity index (χ3n) is 5.10. The molecule has 0 aliphatic rings. The number of halogens is 1. The second-order valence-electron chi connectivity index (χ2n) is 7.51. The lowest BCUT2D eigenvalue weighted by atomic mass is 10.1. The number of hydrogen-bond acceptors (Lipinski definition) is 3. The van der Waals surface area contributed by atoms with E-state index in [0.717, 1.165) is 16.6 Å². The van der Waals surface area contributed by atoms with Gasteiger partial charge in [-0.1, -0.05) is 42.0 Å². The number of benzene rings is 3. The second kappa shape index (κ2) is 9.43. The summed E-state index contributed by atoms with van der Waals surface area (Å²) in [7, 11) is 0. The summed E-state index contributed by atoms with van der Waals surface area (Å²) in [6.45, 7) is 2.28. The zero-order chi connectivity index (χ0) is 22.5. The molecule has 6 nitrogen and oxygen atoms in total. The van der Waals surface area contributed by atoms with Crippen LogP contribution < -0.4 is 10.6 Å². The van der Waals surface area contributed by atoms with E-state index in [-0.39, 0.29) is 24.0 Å². The van der Waals surface area contributed by atoms with Crippen LogP contribution in [-0.4, -0.2) is 27.9 Å². The van der Waals surface area contributed by atoms with Crippen LogP contribution in [-0.2, 0) is 17.8 Å². The summed E-state index contributed by atoms with van der Waals surface area (Å²) in [4.78, 5) is 29.7. The predicted octanol–water partition coefficient (Wildman–Crippen LogP) is 4.10. The molecule has 162 valence electrons. The third-order valence-corrected chi connectivity index (χ3v) is 5.10. The highest BCUT2D eigenvalue weighted by molar-refractivity contribution is 5.94. The molecule has 1 heterocycles. The van der Waals surface area contributed by atoms with Gasteiger partial charge in [-0.3, -0.25) is 9.59 Å². The van der Waals surface area contributed by atoms with Crippen molar-refractivity contribution in [1.29, 1.82) is 0 Å². The molecule has 2 N–H and O–H groups in total. The molecule has 0 aliphatic carbocycles. The summed E-state index contributed by atoms with van der Waals surface area (Å²) in [5, 5.41) is 5.51. The standard InChI is InChI=1S/C25H23FN4O2/c1-17-7-6-8-18(15-17)25(32)27-14-13-23-28-21-11-4-5-12-22(21)30(23)16-24(31)29-20-10-3-2-9-19(20)26/h2-12,15H,13-14,16H2,1H3,(H,27,32)(H,29,31). The number of aromatic nitrogens is 2. The topological polar surface area (TPSA) is 76.0 Å².